The molecule has 2 aliphatic heterocycles. The summed E-state index contributed by atoms with van der Waals surface area (Å²) in [5.41, 5.74) is -0.630. The average molecular weight is 363 g/mol. The van der Waals surface area contributed by atoms with Gasteiger partial charge in [0.15, 0.2) is 0 Å². The topological polar surface area (TPSA) is 62.4 Å². The maximum Gasteiger partial charge on any atom is 0.310 e. The van der Waals surface area contributed by atoms with E-state index in [-0.39, 0.29) is 17.1 Å². The number of hydrogen-bond donors (Lipinski definition) is 1. The zero-order valence-electron chi connectivity index (χ0n) is 16.4. The van der Waals surface area contributed by atoms with Crippen LogP contribution in [0.15, 0.2) is 0 Å². The molecule has 0 aromatic rings. The van der Waals surface area contributed by atoms with Crippen LogP contribution in [0.3, 0.4) is 0 Å². The molecule has 4 heteroatoms. The first kappa shape index (κ1) is 17.5. The highest BCUT2D eigenvalue weighted by Gasteiger charge is 2.94. The quantitative estimate of drug-likeness (QED) is 0.706. The fraction of sp³-hybridized carbons (Fsp3) is 0.955. The van der Waals surface area contributed by atoms with Crippen LogP contribution in [0.2, 0.25) is 0 Å². The second kappa shape index (κ2) is 5.47. The molecule has 0 bridgehead atoms. The molecular formula is C22H34O4. The van der Waals surface area contributed by atoms with Crippen LogP contribution in [0.5, 0.6) is 0 Å². The summed E-state index contributed by atoms with van der Waals surface area (Å²) in [6, 6.07) is 0. The van der Waals surface area contributed by atoms with Gasteiger partial charge in [-0.15, -0.1) is 0 Å². The van der Waals surface area contributed by atoms with Crippen molar-refractivity contribution in [3.05, 3.63) is 0 Å². The van der Waals surface area contributed by atoms with Crippen molar-refractivity contribution < 1.29 is 19.4 Å². The summed E-state index contributed by atoms with van der Waals surface area (Å²) in [6.45, 7) is 4.52. The minimum atomic E-state index is -0.585. The zero-order valence-corrected chi connectivity index (χ0v) is 16.4. The van der Waals surface area contributed by atoms with Crippen molar-refractivity contribution in [3.63, 3.8) is 0 Å². The summed E-state index contributed by atoms with van der Waals surface area (Å²) in [6.07, 6.45) is 13.6. The second-order valence-electron chi connectivity index (χ2n) is 10.7. The van der Waals surface area contributed by atoms with Gasteiger partial charge in [-0.2, -0.15) is 0 Å². The Kier molecular flexibility index (Phi) is 3.68. The smallest absolute Gasteiger partial charge is 0.310 e. The molecule has 2 saturated heterocycles. The van der Waals surface area contributed by atoms with Crippen LogP contribution in [0.1, 0.15) is 90.9 Å². The molecule has 0 radical (unpaired) electrons. The lowest BCUT2D eigenvalue weighted by Gasteiger charge is -2.53. The van der Waals surface area contributed by atoms with E-state index in [0.717, 1.165) is 44.4 Å². The van der Waals surface area contributed by atoms with Gasteiger partial charge in [0.25, 0.3) is 0 Å². The lowest BCUT2D eigenvalue weighted by atomic mass is 9.49. The van der Waals surface area contributed by atoms with Gasteiger partial charge in [0, 0.05) is 12.8 Å². The molecule has 5 rings (SSSR count). The van der Waals surface area contributed by atoms with Gasteiger partial charge in [0.1, 0.15) is 0 Å². The molecule has 3 atom stereocenters. The summed E-state index contributed by atoms with van der Waals surface area (Å²) in [5, 5.41) is 10.6. The van der Waals surface area contributed by atoms with Crippen LogP contribution < -0.4 is 0 Å². The SMILES string of the molecule is CC1(C)CC23OC2(CC1C1(C(=O)O)CCCCC1CC1CCCCC1)O3. The van der Waals surface area contributed by atoms with E-state index in [1.165, 1.54) is 38.5 Å². The number of hydrogen-bond acceptors (Lipinski definition) is 3. The van der Waals surface area contributed by atoms with Crippen LogP contribution in [0, 0.1) is 28.6 Å². The molecule has 3 saturated carbocycles. The Bertz CT molecular complexity index is 599. The molecule has 1 N–H and O–H groups in total. The normalized spacial score (nSPS) is 49.8. The standard InChI is InChI=1S/C22H34O4/c1-19(2)14-22-21(25-22,26-22)13-17(19)20(18(23)24)11-7-6-10-16(20)12-15-8-4-3-5-9-15/h15-17H,3-14H2,1-2H3,(H,23,24). The molecular weight excluding hydrogens is 328 g/mol. The van der Waals surface area contributed by atoms with E-state index in [1.54, 1.807) is 0 Å². The van der Waals surface area contributed by atoms with Gasteiger partial charge in [0.05, 0.1) is 5.41 Å². The molecule has 4 nitrogen and oxygen atoms in total. The monoisotopic (exact) mass is 362 g/mol. The fourth-order valence-electron chi connectivity index (χ4n) is 7.39. The average Bonchev–Trinajstić information content (AvgIpc) is 3.40. The molecule has 146 valence electrons. The zero-order chi connectivity index (χ0) is 18.2. The number of carbonyl (C=O) groups is 1. The van der Waals surface area contributed by atoms with Crippen molar-refractivity contribution in [2.75, 3.05) is 0 Å². The third kappa shape index (κ3) is 2.30. The highest BCUT2D eigenvalue weighted by atomic mass is 17.0. The van der Waals surface area contributed by atoms with Crippen LogP contribution in [0.25, 0.3) is 0 Å². The molecule has 0 aromatic carbocycles. The van der Waals surface area contributed by atoms with Gasteiger partial charge in [-0.1, -0.05) is 58.8 Å². The molecule has 5 aliphatic rings. The van der Waals surface area contributed by atoms with Crippen molar-refractivity contribution in [2.24, 2.45) is 28.6 Å². The third-order valence-corrected chi connectivity index (χ3v) is 8.75. The van der Waals surface area contributed by atoms with Crippen molar-refractivity contribution >= 4 is 5.97 Å². The van der Waals surface area contributed by atoms with E-state index in [4.69, 9.17) is 9.47 Å². The van der Waals surface area contributed by atoms with Crippen molar-refractivity contribution in [2.45, 2.75) is 102 Å². The van der Waals surface area contributed by atoms with E-state index >= 15 is 0 Å². The second-order valence-corrected chi connectivity index (χ2v) is 10.7. The van der Waals surface area contributed by atoms with Crippen LogP contribution in [-0.2, 0) is 14.3 Å². The lowest BCUT2D eigenvalue weighted by molar-refractivity contribution is -0.170. The Hall–Kier alpha value is -0.610. The molecule has 0 amide bonds. The van der Waals surface area contributed by atoms with Crippen molar-refractivity contribution in [1.82, 2.24) is 0 Å². The number of rotatable bonds is 4. The maximum absolute atomic E-state index is 12.9. The Morgan fingerprint density at radius 3 is 2.38 bits per heavy atom. The highest BCUT2D eigenvalue weighted by Crippen LogP contribution is 2.80. The van der Waals surface area contributed by atoms with E-state index in [2.05, 4.69) is 13.8 Å². The first-order chi connectivity index (χ1) is 12.3. The number of aliphatic carboxylic acids is 1. The Morgan fingerprint density at radius 1 is 1.00 bits per heavy atom. The number of epoxide rings is 2. The van der Waals surface area contributed by atoms with E-state index in [0.29, 0.717) is 5.92 Å². The number of ether oxygens (including phenoxy) is 2. The summed E-state index contributed by atoms with van der Waals surface area (Å²) in [4.78, 5) is 12.9. The predicted molar refractivity (Wildman–Crippen MR) is 97.4 cm³/mol. The van der Waals surface area contributed by atoms with Gasteiger partial charge in [-0.3, -0.25) is 4.79 Å². The molecule has 0 aromatic heterocycles. The van der Waals surface area contributed by atoms with E-state index in [9.17, 15) is 9.90 Å². The van der Waals surface area contributed by atoms with Gasteiger partial charge in [-0.25, -0.2) is 0 Å². The minimum absolute atomic E-state index is 0.0446. The van der Waals surface area contributed by atoms with Crippen LogP contribution >= 0.6 is 0 Å². The van der Waals surface area contributed by atoms with E-state index in [1.807, 2.05) is 0 Å². The minimum Gasteiger partial charge on any atom is -0.481 e. The molecule has 2 heterocycles. The molecule has 0 spiro atoms. The summed E-state index contributed by atoms with van der Waals surface area (Å²) >= 11 is 0. The van der Waals surface area contributed by atoms with Crippen molar-refractivity contribution in [3.8, 4) is 0 Å². The molecule has 3 unspecified atom stereocenters. The molecule has 5 fully saturated rings. The summed E-state index contributed by atoms with van der Waals surface area (Å²) in [7, 11) is 0. The largest absolute Gasteiger partial charge is 0.481 e. The van der Waals surface area contributed by atoms with Gasteiger partial charge >= 0.3 is 5.97 Å². The first-order valence-electron chi connectivity index (χ1n) is 11.0. The van der Waals surface area contributed by atoms with Crippen LogP contribution in [0.4, 0.5) is 0 Å². The van der Waals surface area contributed by atoms with Crippen molar-refractivity contribution in [1.29, 1.82) is 0 Å². The predicted octanol–water partition coefficient (Wildman–Crippen LogP) is 5.11. The number of carboxylic acids is 1. The Labute approximate surface area is 157 Å². The van der Waals surface area contributed by atoms with E-state index < -0.39 is 17.2 Å². The Morgan fingerprint density at radius 2 is 1.69 bits per heavy atom. The van der Waals surface area contributed by atoms with Gasteiger partial charge < -0.3 is 14.6 Å². The lowest BCUT2D eigenvalue weighted by Crippen LogP contribution is -2.54. The van der Waals surface area contributed by atoms with Crippen LogP contribution in [-0.4, -0.2) is 22.7 Å². The van der Waals surface area contributed by atoms with Gasteiger partial charge in [-0.05, 0) is 42.4 Å². The van der Waals surface area contributed by atoms with Gasteiger partial charge in [0.2, 0.25) is 11.6 Å². The summed E-state index contributed by atoms with van der Waals surface area (Å²) in [5.74, 6) is -0.0601. The summed E-state index contributed by atoms with van der Waals surface area (Å²) < 4.78 is 11.8. The maximum atomic E-state index is 12.9. The third-order valence-electron chi connectivity index (χ3n) is 8.75. The highest BCUT2D eigenvalue weighted by molar-refractivity contribution is 5.76. The Balaban J connectivity index is 1.46. The number of carboxylic acid groups (broad SMARTS) is 1. The molecule has 3 aliphatic carbocycles. The fourth-order valence-corrected chi connectivity index (χ4v) is 7.39. The molecule has 26 heavy (non-hydrogen) atoms. The first-order valence-corrected chi connectivity index (χ1v) is 11.0.